The van der Waals surface area contributed by atoms with Crippen molar-refractivity contribution in [3.8, 4) is 5.75 Å². The number of halogens is 4. The van der Waals surface area contributed by atoms with Gasteiger partial charge in [-0.05, 0) is 66.3 Å². The number of alkyl halides is 3. The standard InChI is InChI=1S/C28H26BrF3O3/c29-23-13-9-20(10-14-23)25-8-4-7-21(18-34-24-15-11-22(12-16-24)28(30,31)32)26(25)27(33)35-17-19-5-2-1-3-6-19/h1-3,5-6,9-16,21,25-26H,4,7-8,17-18H2/t21-,25+,26-/m0/s1. The Morgan fingerprint density at radius 3 is 2.26 bits per heavy atom. The summed E-state index contributed by atoms with van der Waals surface area (Å²) in [5.74, 6) is -0.491. The Morgan fingerprint density at radius 2 is 1.60 bits per heavy atom. The molecule has 3 atom stereocenters. The molecule has 3 aromatic carbocycles. The Labute approximate surface area is 211 Å². The van der Waals surface area contributed by atoms with E-state index in [-0.39, 0.29) is 31.0 Å². The minimum atomic E-state index is -4.40. The molecule has 3 nitrogen and oxygen atoms in total. The van der Waals surface area contributed by atoms with Crippen molar-refractivity contribution in [3.05, 3.63) is 100 Å². The van der Waals surface area contributed by atoms with E-state index in [1.54, 1.807) is 0 Å². The average Bonchev–Trinajstić information content (AvgIpc) is 2.86. The molecule has 0 aliphatic heterocycles. The highest BCUT2D eigenvalue weighted by Crippen LogP contribution is 2.43. The number of carbonyl (C=O) groups is 1. The van der Waals surface area contributed by atoms with Crippen LogP contribution < -0.4 is 4.74 Å². The molecule has 1 aliphatic rings. The van der Waals surface area contributed by atoms with Crippen molar-refractivity contribution < 1.29 is 27.4 Å². The van der Waals surface area contributed by atoms with Crippen LogP contribution in [0.5, 0.6) is 5.75 Å². The van der Waals surface area contributed by atoms with Gasteiger partial charge in [0.15, 0.2) is 0 Å². The molecule has 35 heavy (non-hydrogen) atoms. The van der Waals surface area contributed by atoms with Gasteiger partial charge in [0.1, 0.15) is 12.4 Å². The average molecular weight is 547 g/mol. The lowest BCUT2D eigenvalue weighted by Gasteiger charge is -2.37. The van der Waals surface area contributed by atoms with Gasteiger partial charge in [-0.25, -0.2) is 0 Å². The smallest absolute Gasteiger partial charge is 0.416 e. The predicted molar refractivity (Wildman–Crippen MR) is 131 cm³/mol. The molecule has 7 heteroatoms. The number of benzene rings is 3. The fraction of sp³-hybridized carbons (Fsp3) is 0.321. The van der Waals surface area contributed by atoms with Crippen LogP contribution in [0.4, 0.5) is 13.2 Å². The van der Waals surface area contributed by atoms with E-state index in [2.05, 4.69) is 15.9 Å². The van der Waals surface area contributed by atoms with Crippen LogP contribution in [-0.2, 0) is 22.3 Å². The van der Waals surface area contributed by atoms with E-state index in [0.29, 0.717) is 5.75 Å². The maximum Gasteiger partial charge on any atom is 0.416 e. The topological polar surface area (TPSA) is 35.5 Å². The van der Waals surface area contributed by atoms with Crippen LogP contribution in [0.3, 0.4) is 0 Å². The van der Waals surface area contributed by atoms with Crippen molar-refractivity contribution in [3.63, 3.8) is 0 Å². The first-order valence-corrected chi connectivity index (χ1v) is 12.4. The van der Waals surface area contributed by atoms with Crippen LogP contribution in [0.25, 0.3) is 0 Å². The predicted octanol–water partition coefficient (Wildman–Crippen LogP) is 7.79. The maximum absolute atomic E-state index is 13.4. The minimum Gasteiger partial charge on any atom is -0.493 e. The van der Waals surface area contributed by atoms with Gasteiger partial charge in [0.2, 0.25) is 0 Å². The molecule has 0 N–H and O–H groups in total. The van der Waals surface area contributed by atoms with Crippen LogP contribution in [-0.4, -0.2) is 12.6 Å². The SMILES string of the molecule is O=C(OCc1ccccc1)[C@H]1[C@H](COc2ccc(C(F)(F)F)cc2)CCC[C@@H]1c1ccc(Br)cc1. The number of hydrogen-bond acceptors (Lipinski definition) is 3. The highest BCUT2D eigenvalue weighted by Gasteiger charge is 2.40. The molecule has 0 bridgehead atoms. The third-order valence-electron chi connectivity index (χ3n) is 6.47. The molecule has 3 aromatic rings. The van der Waals surface area contributed by atoms with Gasteiger partial charge >= 0.3 is 12.1 Å². The second kappa shape index (κ2) is 11.3. The second-order valence-electron chi connectivity index (χ2n) is 8.80. The van der Waals surface area contributed by atoms with E-state index < -0.39 is 17.7 Å². The zero-order valence-electron chi connectivity index (χ0n) is 19.0. The van der Waals surface area contributed by atoms with Gasteiger partial charge in [-0.15, -0.1) is 0 Å². The zero-order chi connectivity index (χ0) is 24.8. The van der Waals surface area contributed by atoms with Crippen LogP contribution >= 0.6 is 15.9 Å². The number of ether oxygens (including phenoxy) is 2. The first kappa shape index (κ1) is 25.3. The highest BCUT2D eigenvalue weighted by atomic mass is 79.9. The molecule has 0 radical (unpaired) electrons. The quantitative estimate of drug-likeness (QED) is 0.284. The first-order chi connectivity index (χ1) is 16.8. The van der Waals surface area contributed by atoms with E-state index in [1.165, 1.54) is 12.1 Å². The third kappa shape index (κ3) is 6.66. The summed E-state index contributed by atoms with van der Waals surface area (Å²) in [6, 6.07) is 22.1. The van der Waals surface area contributed by atoms with Crippen LogP contribution in [0.2, 0.25) is 0 Å². The monoisotopic (exact) mass is 546 g/mol. The van der Waals surface area contributed by atoms with Crippen LogP contribution in [0.1, 0.15) is 41.9 Å². The second-order valence-corrected chi connectivity index (χ2v) is 9.72. The third-order valence-corrected chi connectivity index (χ3v) is 7.00. The number of esters is 1. The van der Waals surface area contributed by atoms with Gasteiger partial charge in [-0.1, -0.05) is 64.8 Å². The number of rotatable bonds is 7. The molecule has 1 aliphatic carbocycles. The van der Waals surface area contributed by atoms with Gasteiger partial charge in [-0.3, -0.25) is 4.79 Å². The Kier molecular flexibility index (Phi) is 8.16. The van der Waals surface area contributed by atoms with Crippen LogP contribution in [0.15, 0.2) is 83.3 Å². The summed E-state index contributed by atoms with van der Waals surface area (Å²) in [5, 5.41) is 0. The summed E-state index contributed by atoms with van der Waals surface area (Å²) >= 11 is 3.46. The van der Waals surface area contributed by atoms with Crippen molar-refractivity contribution in [1.29, 1.82) is 0 Å². The van der Waals surface area contributed by atoms with Crippen molar-refractivity contribution in [1.82, 2.24) is 0 Å². The molecule has 0 saturated heterocycles. The van der Waals surface area contributed by atoms with Gasteiger partial charge in [-0.2, -0.15) is 13.2 Å². The molecule has 1 saturated carbocycles. The fourth-order valence-electron chi connectivity index (χ4n) is 4.68. The van der Waals surface area contributed by atoms with Gasteiger partial charge in [0.05, 0.1) is 18.1 Å². The maximum atomic E-state index is 13.4. The number of hydrogen-bond donors (Lipinski definition) is 0. The Balaban J connectivity index is 1.51. The van der Waals surface area contributed by atoms with Gasteiger partial charge in [0, 0.05) is 10.4 Å². The lowest BCUT2D eigenvalue weighted by molar-refractivity contribution is -0.155. The van der Waals surface area contributed by atoms with Gasteiger partial charge < -0.3 is 9.47 Å². The largest absolute Gasteiger partial charge is 0.493 e. The number of carbonyl (C=O) groups excluding carboxylic acids is 1. The van der Waals surface area contributed by atoms with Crippen molar-refractivity contribution in [2.75, 3.05) is 6.61 Å². The van der Waals surface area contributed by atoms with Crippen molar-refractivity contribution in [2.45, 2.75) is 38.0 Å². The lowest BCUT2D eigenvalue weighted by atomic mass is 9.69. The van der Waals surface area contributed by atoms with E-state index in [0.717, 1.165) is 47.0 Å². The Hall–Kier alpha value is -2.80. The fourth-order valence-corrected chi connectivity index (χ4v) is 4.95. The summed E-state index contributed by atoms with van der Waals surface area (Å²) in [6.45, 7) is 0.416. The van der Waals surface area contributed by atoms with E-state index in [1.807, 2.05) is 54.6 Å². The highest BCUT2D eigenvalue weighted by molar-refractivity contribution is 9.10. The summed E-state index contributed by atoms with van der Waals surface area (Å²) in [6.07, 6.45) is -1.85. The normalized spacial score (nSPS) is 20.3. The molecule has 4 rings (SSSR count). The lowest BCUT2D eigenvalue weighted by Crippen LogP contribution is -2.37. The molecular formula is C28H26BrF3O3. The van der Waals surface area contributed by atoms with E-state index in [9.17, 15) is 18.0 Å². The van der Waals surface area contributed by atoms with E-state index >= 15 is 0 Å². The summed E-state index contributed by atoms with van der Waals surface area (Å²) in [7, 11) is 0. The Bertz CT molecular complexity index is 1100. The molecule has 0 unspecified atom stereocenters. The van der Waals surface area contributed by atoms with Gasteiger partial charge in [0.25, 0.3) is 0 Å². The summed E-state index contributed by atoms with van der Waals surface area (Å²) in [5.41, 5.74) is 1.25. The minimum absolute atomic E-state index is 0.0265. The molecule has 0 heterocycles. The van der Waals surface area contributed by atoms with Crippen molar-refractivity contribution >= 4 is 21.9 Å². The first-order valence-electron chi connectivity index (χ1n) is 11.6. The molecule has 1 fully saturated rings. The molecule has 184 valence electrons. The Morgan fingerprint density at radius 1 is 0.914 bits per heavy atom. The molecular weight excluding hydrogens is 521 g/mol. The molecule has 0 spiro atoms. The van der Waals surface area contributed by atoms with E-state index in [4.69, 9.17) is 9.47 Å². The summed E-state index contributed by atoms with van der Waals surface area (Å²) < 4.78 is 51.2. The molecule has 0 aromatic heterocycles. The van der Waals surface area contributed by atoms with Crippen molar-refractivity contribution in [2.24, 2.45) is 11.8 Å². The summed E-state index contributed by atoms with van der Waals surface area (Å²) in [4.78, 5) is 13.4. The molecule has 0 amide bonds. The van der Waals surface area contributed by atoms with Crippen LogP contribution in [0, 0.1) is 11.8 Å². The zero-order valence-corrected chi connectivity index (χ0v) is 20.6.